The van der Waals surface area contributed by atoms with Gasteiger partial charge < -0.3 is 5.11 Å². The average molecular weight is 385 g/mol. The molecule has 4 aromatic rings. The summed E-state index contributed by atoms with van der Waals surface area (Å²) < 4.78 is 0. The van der Waals surface area contributed by atoms with Crippen LogP contribution in [-0.4, -0.2) is 26.0 Å². The van der Waals surface area contributed by atoms with Gasteiger partial charge >= 0.3 is 0 Å². The monoisotopic (exact) mass is 385 g/mol. The van der Waals surface area contributed by atoms with E-state index in [-0.39, 0.29) is 17.2 Å². The Bertz CT molecular complexity index is 1220. The SMILES string of the molecule is O=C(c1cn[nH]c1)c1cc(-c2cccc([N+](=O)[O-])c2)cc(-c2ccccc2O)c1. The number of ketones is 1. The fourth-order valence-electron chi connectivity index (χ4n) is 3.14. The Morgan fingerprint density at radius 3 is 2.45 bits per heavy atom. The quantitative estimate of drug-likeness (QED) is 0.297. The number of hydrogen-bond donors (Lipinski definition) is 2. The van der Waals surface area contributed by atoms with Gasteiger partial charge in [-0.1, -0.05) is 30.3 Å². The first kappa shape index (κ1) is 18.1. The van der Waals surface area contributed by atoms with Crippen molar-refractivity contribution in [1.29, 1.82) is 0 Å². The van der Waals surface area contributed by atoms with Gasteiger partial charge in [-0.05, 0) is 41.0 Å². The highest BCUT2D eigenvalue weighted by molar-refractivity contribution is 6.10. The van der Waals surface area contributed by atoms with Gasteiger partial charge in [0.05, 0.1) is 16.7 Å². The van der Waals surface area contributed by atoms with Crippen LogP contribution in [0.2, 0.25) is 0 Å². The number of H-pyrrole nitrogens is 1. The zero-order chi connectivity index (χ0) is 20.4. The number of para-hydroxylation sites is 1. The third-order valence-corrected chi connectivity index (χ3v) is 4.56. The second-order valence-electron chi connectivity index (χ2n) is 6.44. The highest BCUT2D eigenvalue weighted by atomic mass is 16.6. The van der Waals surface area contributed by atoms with Crippen LogP contribution in [0.5, 0.6) is 5.75 Å². The summed E-state index contributed by atoms with van der Waals surface area (Å²) in [6.45, 7) is 0. The molecule has 7 nitrogen and oxygen atoms in total. The van der Waals surface area contributed by atoms with Crippen molar-refractivity contribution in [2.24, 2.45) is 0 Å². The van der Waals surface area contributed by atoms with Gasteiger partial charge in [-0.2, -0.15) is 5.10 Å². The molecule has 2 N–H and O–H groups in total. The summed E-state index contributed by atoms with van der Waals surface area (Å²) in [4.78, 5) is 23.6. The Morgan fingerprint density at radius 1 is 0.931 bits per heavy atom. The van der Waals surface area contributed by atoms with E-state index in [4.69, 9.17) is 0 Å². The number of aromatic hydroxyl groups is 1. The van der Waals surface area contributed by atoms with E-state index in [1.807, 2.05) is 0 Å². The van der Waals surface area contributed by atoms with Crippen LogP contribution in [-0.2, 0) is 0 Å². The normalized spacial score (nSPS) is 10.6. The van der Waals surface area contributed by atoms with E-state index in [0.717, 1.165) is 0 Å². The van der Waals surface area contributed by atoms with Crippen molar-refractivity contribution in [2.45, 2.75) is 0 Å². The van der Waals surface area contributed by atoms with Gasteiger partial charge in [-0.15, -0.1) is 0 Å². The minimum Gasteiger partial charge on any atom is -0.507 e. The molecule has 0 spiro atoms. The van der Waals surface area contributed by atoms with E-state index in [1.54, 1.807) is 54.6 Å². The van der Waals surface area contributed by atoms with Crippen LogP contribution in [0, 0.1) is 10.1 Å². The first-order valence-electron chi connectivity index (χ1n) is 8.75. The number of phenols is 1. The Hall–Kier alpha value is -4.26. The van der Waals surface area contributed by atoms with Crippen LogP contribution in [0.15, 0.2) is 79.1 Å². The van der Waals surface area contributed by atoms with Crippen molar-refractivity contribution in [1.82, 2.24) is 10.2 Å². The van der Waals surface area contributed by atoms with E-state index in [2.05, 4.69) is 10.2 Å². The molecule has 29 heavy (non-hydrogen) atoms. The molecule has 0 amide bonds. The Balaban J connectivity index is 1.91. The van der Waals surface area contributed by atoms with Gasteiger partial charge in [-0.25, -0.2) is 0 Å². The van der Waals surface area contributed by atoms with Gasteiger partial charge in [-0.3, -0.25) is 20.0 Å². The molecule has 0 radical (unpaired) electrons. The predicted octanol–water partition coefficient (Wildman–Crippen LogP) is 4.59. The van der Waals surface area contributed by atoms with Crippen molar-refractivity contribution < 1.29 is 14.8 Å². The summed E-state index contributed by atoms with van der Waals surface area (Å²) >= 11 is 0. The summed E-state index contributed by atoms with van der Waals surface area (Å²) in [5, 5.41) is 27.9. The third kappa shape index (κ3) is 3.61. The summed E-state index contributed by atoms with van der Waals surface area (Å²) in [7, 11) is 0. The smallest absolute Gasteiger partial charge is 0.270 e. The number of nitro benzene ring substituents is 1. The van der Waals surface area contributed by atoms with Crippen LogP contribution in [0.4, 0.5) is 5.69 Å². The van der Waals surface area contributed by atoms with Gasteiger partial charge in [0.25, 0.3) is 5.69 Å². The molecular formula is C22H15N3O4. The predicted molar refractivity (Wildman–Crippen MR) is 108 cm³/mol. The Labute approximate surface area is 165 Å². The molecule has 0 unspecified atom stereocenters. The van der Waals surface area contributed by atoms with Gasteiger partial charge in [0.15, 0.2) is 5.78 Å². The summed E-state index contributed by atoms with van der Waals surface area (Å²) in [5.41, 5.74) is 3.13. The summed E-state index contributed by atoms with van der Waals surface area (Å²) in [5.74, 6) is -0.173. The van der Waals surface area contributed by atoms with E-state index in [9.17, 15) is 20.0 Å². The van der Waals surface area contributed by atoms with Gasteiger partial charge in [0.1, 0.15) is 5.75 Å². The first-order valence-corrected chi connectivity index (χ1v) is 8.75. The second kappa shape index (κ2) is 7.40. The fraction of sp³-hybridized carbons (Fsp3) is 0. The molecule has 142 valence electrons. The van der Waals surface area contributed by atoms with Crippen molar-refractivity contribution >= 4 is 11.5 Å². The molecule has 1 heterocycles. The number of hydrogen-bond acceptors (Lipinski definition) is 5. The lowest BCUT2D eigenvalue weighted by molar-refractivity contribution is -0.384. The molecule has 3 aromatic carbocycles. The molecule has 4 rings (SSSR count). The minimum absolute atomic E-state index is 0.0434. The number of carbonyl (C=O) groups is 1. The molecule has 7 heteroatoms. The number of nitrogens with one attached hydrogen (secondary N) is 1. The maximum atomic E-state index is 12.9. The number of nitro groups is 1. The third-order valence-electron chi connectivity index (χ3n) is 4.56. The summed E-state index contributed by atoms with van der Waals surface area (Å²) in [6, 6.07) is 18.2. The number of rotatable bonds is 5. The van der Waals surface area contributed by atoms with Crippen molar-refractivity contribution in [3.8, 4) is 28.0 Å². The number of aromatic nitrogens is 2. The molecule has 1 aromatic heterocycles. The van der Waals surface area contributed by atoms with Gasteiger partial charge in [0, 0.05) is 29.5 Å². The van der Waals surface area contributed by atoms with Gasteiger partial charge in [0.2, 0.25) is 0 Å². The number of non-ortho nitro benzene ring substituents is 1. The maximum Gasteiger partial charge on any atom is 0.270 e. The van der Waals surface area contributed by atoms with Crippen molar-refractivity contribution in [3.63, 3.8) is 0 Å². The number of benzene rings is 3. The molecule has 0 saturated heterocycles. The van der Waals surface area contributed by atoms with E-state index >= 15 is 0 Å². The molecular weight excluding hydrogens is 370 g/mol. The average Bonchev–Trinajstić information content (AvgIpc) is 3.28. The molecule has 0 aliphatic heterocycles. The van der Waals surface area contributed by atoms with E-state index in [0.29, 0.717) is 33.4 Å². The first-order chi connectivity index (χ1) is 14.0. The highest BCUT2D eigenvalue weighted by Crippen LogP contribution is 2.34. The van der Waals surface area contributed by atoms with Crippen molar-refractivity contribution in [3.05, 3.63) is 100 Å². The fourth-order valence-corrected chi connectivity index (χ4v) is 3.14. The Kier molecular flexibility index (Phi) is 4.62. The largest absolute Gasteiger partial charge is 0.507 e. The van der Waals surface area contributed by atoms with Crippen LogP contribution in [0.1, 0.15) is 15.9 Å². The van der Waals surface area contributed by atoms with Crippen LogP contribution in [0.3, 0.4) is 0 Å². The van der Waals surface area contributed by atoms with E-state index in [1.165, 1.54) is 24.5 Å². The van der Waals surface area contributed by atoms with Crippen molar-refractivity contribution in [2.75, 3.05) is 0 Å². The Morgan fingerprint density at radius 2 is 1.72 bits per heavy atom. The molecule has 0 fully saturated rings. The lowest BCUT2D eigenvalue weighted by Crippen LogP contribution is -2.01. The maximum absolute atomic E-state index is 12.9. The molecule has 0 atom stereocenters. The summed E-state index contributed by atoms with van der Waals surface area (Å²) in [6.07, 6.45) is 2.93. The lowest BCUT2D eigenvalue weighted by Gasteiger charge is -2.11. The van der Waals surface area contributed by atoms with Crippen LogP contribution in [0.25, 0.3) is 22.3 Å². The van der Waals surface area contributed by atoms with Crippen LogP contribution < -0.4 is 0 Å². The lowest BCUT2D eigenvalue weighted by atomic mass is 9.93. The standard InChI is InChI=1S/C22H15N3O4/c26-21-7-2-1-6-20(21)16-8-15(14-4-3-5-19(11-14)25(28)29)9-17(10-16)22(27)18-12-23-24-13-18/h1-13,26H,(H,23,24). The number of nitrogens with zero attached hydrogens (tertiary/aromatic N) is 2. The zero-order valence-electron chi connectivity index (χ0n) is 15.1. The highest BCUT2D eigenvalue weighted by Gasteiger charge is 2.16. The molecule has 0 aliphatic rings. The molecule has 0 bridgehead atoms. The second-order valence-corrected chi connectivity index (χ2v) is 6.44. The topological polar surface area (TPSA) is 109 Å². The number of carbonyl (C=O) groups excluding carboxylic acids is 1. The minimum atomic E-state index is -0.464. The number of phenolic OH excluding ortho intramolecular Hbond substituents is 1. The zero-order valence-corrected chi connectivity index (χ0v) is 15.1. The van der Waals surface area contributed by atoms with E-state index < -0.39 is 4.92 Å². The molecule has 0 saturated carbocycles. The number of aromatic amines is 1. The van der Waals surface area contributed by atoms with Crippen LogP contribution >= 0.6 is 0 Å². The molecule has 0 aliphatic carbocycles.